The second-order valence-electron chi connectivity index (χ2n) is 7.95. The largest absolute Gasteiger partial charge is 0.391 e. The van der Waals surface area contributed by atoms with Crippen LogP contribution in [0.4, 0.5) is 0 Å². The topological polar surface area (TPSA) is 92.6 Å². The van der Waals surface area contributed by atoms with Crippen molar-refractivity contribution in [2.75, 3.05) is 6.54 Å². The summed E-state index contributed by atoms with van der Waals surface area (Å²) < 4.78 is 0. The predicted molar refractivity (Wildman–Crippen MR) is 96.4 cm³/mol. The molecule has 3 atom stereocenters. The normalized spacial score (nSPS) is 24.7. The Morgan fingerprint density at radius 1 is 1.33 bits per heavy atom. The van der Waals surface area contributed by atoms with Crippen molar-refractivity contribution in [3.63, 3.8) is 0 Å². The lowest BCUT2D eigenvalue weighted by atomic mass is 9.83. The minimum Gasteiger partial charge on any atom is -0.391 e. The molecule has 134 valence electrons. The van der Waals surface area contributed by atoms with Gasteiger partial charge in [-0.25, -0.2) is 0 Å². The molecule has 1 aromatic carbocycles. The van der Waals surface area contributed by atoms with E-state index in [2.05, 4.69) is 25.7 Å². The summed E-state index contributed by atoms with van der Waals surface area (Å²) in [7, 11) is 0. The van der Waals surface area contributed by atoms with E-state index in [1.807, 2.05) is 30.3 Å². The monoisotopic (exact) mass is 333 g/mol. The average Bonchev–Trinajstić information content (AvgIpc) is 2.93. The Morgan fingerprint density at radius 2 is 1.96 bits per heavy atom. The van der Waals surface area contributed by atoms with Crippen LogP contribution in [0.15, 0.2) is 30.3 Å². The molecule has 0 saturated carbocycles. The zero-order valence-electron chi connectivity index (χ0n) is 15.0. The maximum atomic E-state index is 12.3. The van der Waals surface area contributed by atoms with E-state index in [9.17, 15) is 9.90 Å². The first kappa shape index (κ1) is 18.9. The summed E-state index contributed by atoms with van der Waals surface area (Å²) in [4.78, 5) is 14.5. The first-order valence-electron chi connectivity index (χ1n) is 8.72. The zero-order chi connectivity index (χ0) is 18.0. The number of aliphatic hydroxyl groups excluding tert-OH is 1. The Morgan fingerprint density at radius 3 is 2.50 bits per heavy atom. The smallest absolute Gasteiger partial charge is 0.238 e. The Labute approximate surface area is 145 Å². The van der Waals surface area contributed by atoms with E-state index >= 15 is 0 Å². The van der Waals surface area contributed by atoms with Gasteiger partial charge in [-0.2, -0.15) is 0 Å². The quantitative estimate of drug-likeness (QED) is 0.734. The number of aliphatic hydroxyl groups is 1. The third-order valence-corrected chi connectivity index (χ3v) is 5.11. The molecule has 1 aromatic rings. The first-order chi connectivity index (χ1) is 11.2. The summed E-state index contributed by atoms with van der Waals surface area (Å²) in [6.45, 7) is 7.04. The van der Waals surface area contributed by atoms with Gasteiger partial charge in [0.1, 0.15) is 5.54 Å². The van der Waals surface area contributed by atoms with Crippen molar-refractivity contribution in [1.82, 2.24) is 4.90 Å². The van der Waals surface area contributed by atoms with Crippen LogP contribution in [-0.2, 0) is 11.2 Å². The van der Waals surface area contributed by atoms with Crippen LogP contribution < -0.4 is 11.5 Å². The van der Waals surface area contributed by atoms with Gasteiger partial charge in [-0.15, -0.1) is 0 Å². The van der Waals surface area contributed by atoms with Gasteiger partial charge in [0.25, 0.3) is 0 Å². The highest BCUT2D eigenvalue weighted by atomic mass is 16.3. The minimum atomic E-state index is -0.814. The molecule has 1 aliphatic heterocycles. The van der Waals surface area contributed by atoms with Gasteiger partial charge in [0.2, 0.25) is 5.91 Å². The van der Waals surface area contributed by atoms with Gasteiger partial charge < -0.3 is 16.6 Å². The van der Waals surface area contributed by atoms with Crippen molar-refractivity contribution in [3.8, 4) is 0 Å². The average molecular weight is 333 g/mol. The van der Waals surface area contributed by atoms with E-state index in [4.69, 9.17) is 11.5 Å². The lowest BCUT2D eigenvalue weighted by Crippen LogP contribution is -2.62. The van der Waals surface area contributed by atoms with E-state index in [0.717, 1.165) is 18.5 Å². The van der Waals surface area contributed by atoms with Crippen LogP contribution in [0.25, 0.3) is 0 Å². The highest BCUT2D eigenvalue weighted by molar-refractivity contribution is 5.85. The van der Waals surface area contributed by atoms with Gasteiger partial charge >= 0.3 is 0 Å². The van der Waals surface area contributed by atoms with Crippen molar-refractivity contribution < 1.29 is 9.90 Å². The van der Waals surface area contributed by atoms with Gasteiger partial charge in [-0.05, 0) is 52.1 Å². The third-order valence-electron chi connectivity index (χ3n) is 5.11. The first-order valence-corrected chi connectivity index (χ1v) is 8.72. The molecule has 0 radical (unpaired) electrons. The lowest BCUT2D eigenvalue weighted by molar-refractivity contribution is -0.134. The Bertz CT molecular complexity index is 555. The summed E-state index contributed by atoms with van der Waals surface area (Å²) in [5.41, 5.74) is 12.1. The van der Waals surface area contributed by atoms with E-state index in [-0.39, 0.29) is 17.9 Å². The molecule has 0 aromatic heterocycles. The summed E-state index contributed by atoms with van der Waals surface area (Å²) in [5, 5.41) is 10.7. The number of hydrogen-bond acceptors (Lipinski definition) is 4. The summed E-state index contributed by atoms with van der Waals surface area (Å²) >= 11 is 0. The fourth-order valence-corrected chi connectivity index (χ4v) is 3.94. The number of carbonyl (C=O) groups is 1. The van der Waals surface area contributed by atoms with Crippen LogP contribution in [0.1, 0.15) is 45.6 Å². The third kappa shape index (κ3) is 3.97. The molecule has 5 N–H and O–H groups in total. The SMILES string of the molecule is CC(C)(C)N1CCC[C@@]1(C[C@@H](O)[C@@H](N)Cc1ccccc1)C(N)=O. The molecule has 24 heavy (non-hydrogen) atoms. The van der Waals surface area contributed by atoms with E-state index < -0.39 is 17.7 Å². The number of likely N-dealkylation sites (tertiary alicyclic amines) is 1. The van der Waals surface area contributed by atoms with Crippen molar-refractivity contribution in [3.05, 3.63) is 35.9 Å². The number of amides is 1. The molecular formula is C19H31N3O2. The number of nitrogens with zero attached hydrogens (tertiary/aromatic N) is 1. The van der Waals surface area contributed by atoms with E-state index in [0.29, 0.717) is 12.8 Å². The van der Waals surface area contributed by atoms with Crippen LogP contribution in [0.3, 0.4) is 0 Å². The molecule has 1 heterocycles. The fourth-order valence-electron chi connectivity index (χ4n) is 3.94. The maximum Gasteiger partial charge on any atom is 0.238 e. The number of nitrogens with two attached hydrogens (primary N) is 2. The number of benzene rings is 1. The minimum absolute atomic E-state index is 0.186. The zero-order valence-corrected chi connectivity index (χ0v) is 15.0. The number of primary amides is 1. The van der Waals surface area contributed by atoms with Crippen LogP contribution in [0.5, 0.6) is 0 Å². The molecule has 2 rings (SSSR count). The van der Waals surface area contributed by atoms with Crippen LogP contribution in [-0.4, -0.2) is 45.7 Å². The Hall–Kier alpha value is -1.43. The molecule has 1 fully saturated rings. The van der Waals surface area contributed by atoms with Gasteiger partial charge in [0.15, 0.2) is 0 Å². The number of rotatable bonds is 6. The number of carbonyl (C=O) groups excluding carboxylic acids is 1. The molecule has 1 amide bonds. The molecule has 0 aliphatic carbocycles. The maximum absolute atomic E-state index is 12.3. The van der Waals surface area contributed by atoms with Gasteiger partial charge in [0.05, 0.1) is 6.10 Å². The molecule has 1 saturated heterocycles. The summed E-state index contributed by atoms with van der Waals surface area (Å²) in [6.07, 6.45) is 1.66. The fraction of sp³-hybridized carbons (Fsp3) is 0.632. The van der Waals surface area contributed by atoms with Crippen LogP contribution in [0.2, 0.25) is 0 Å². The lowest BCUT2D eigenvalue weighted by Gasteiger charge is -2.45. The van der Waals surface area contributed by atoms with Crippen LogP contribution >= 0.6 is 0 Å². The Balaban J connectivity index is 2.14. The van der Waals surface area contributed by atoms with Crippen molar-refractivity contribution in [1.29, 1.82) is 0 Å². The van der Waals surface area contributed by atoms with Crippen molar-refractivity contribution >= 4 is 5.91 Å². The second-order valence-corrected chi connectivity index (χ2v) is 7.95. The second kappa shape index (κ2) is 7.21. The van der Waals surface area contributed by atoms with Crippen LogP contribution in [0, 0.1) is 0 Å². The molecular weight excluding hydrogens is 302 g/mol. The van der Waals surface area contributed by atoms with Crippen molar-refractivity contribution in [2.24, 2.45) is 11.5 Å². The molecule has 1 aliphatic rings. The highest BCUT2D eigenvalue weighted by Gasteiger charge is 2.51. The molecule has 0 bridgehead atoms. The van der Waals surface area contributed by atoms with Crippen molar-refractivity contribution in [2.45, 2.75) is 69.7 Å². The van der Waals surface area contributed by atoms with Gasteiger partial charge in [-0.1, -0.05) is 30.3 Å². The highest BCUT2D eigenvalue weighted by Crippen LogP contribution is 2.39. The molecule has 5 heteroatoms. The van der Waals surface area contributed by atoms with E-state index in [1.54, 1.807) is 0 Å². The van der Waals surface area contributed by atoms with Gasteiger partial charge in [0, 0.05) is 18.0 Å². The standard InChI is InChI=1S/C19H31N3O2/c1-18(2,3)22-11-7-10-19(22,17(21)24)13-16(23)15(20)12-14-8-5-4-6-9-14/h4-6,8-9,15-16,23H,7,10-13,20H2,1-3H3,(H2,21,24)/t15-,16+,19+/m0/s1. The molecule has 0 spiro atoms. The summed E-state index contributed by atoms with van der Waals surface area (Å²) in [6, 6.07) is 9.43. The van der Waals surface area contributed by atoms with Gasteiger partial charge in [-0.3, -0.25) is 9.69 Å². The summed E-state index contributed by atoms with van der Waals surface area (Å²) in [5.74, 6) is -0.360. The Kier molecular flexibility index (Phi) is 5.68. The molecule has 0 unspecified atom stereocenters. The predicted octanol–water partition coefficient (Wildman–Crippen LogP) is 1.43. The molecule has 5 nitrogen and oxygen atoms in total. The number of hydrogen-bond donors (Lipinski definition) is 3. The van der Waals surface area contributed by atoms with E-state index in [1.165, 1.54) is 0 Å².